The van der Waals surface area contributed by atoms with Crippen LogP contribution in [0.2, 0.25) is 0 Å². The molecule has 154 valence electrons. The Morgan fingerprint density at radius 3 is 2.72 bits per heavy atom. The number of carbonyl (C=O) groups excluding carboxylic acids is 2. The molecule has 4 rings (SSSR count). The number of nitrogens with one attached hydrogen (secondary N) is 2. The zero-order valence-electron chi connectivity index (χ0n) is 16.9. The lowest BCUT2D eigenvalue weighted by Crippen LogP contribution is -2.44. The molecule has 1 aromatic heterocycles. The van der Waals surface area contributed by atoms with Gasteiger partial charge >= 0.3 is 0 Å². The van der Waals surface area contributed by atoms with Gasteiger partial charge in [-0.05, 0) is 69.9 Å². The van der Waals surface area contributed by atoms with E-state index in [1.807, 2.05) is 13.0 Å². The minimum absolute atomic E-state index is 0.0147. The summed E-state index contributed by atoms with van der Waals surface area (Å²) in [4.78, 5) is 27.4. The van der Waals surface area contributed by atoms with E-state index in [2.05, 4.69) is 10.3 Å². The number of ketones is 2. The molecule has 1 aromatic carbocycles. The number of fused-ring (bicyclic) bond motifs is 1. The number of aromatic amines is 1. The Morgan fingerprint density at radius 2 is 2.00 bits per heavy atom. The van der Waals surface area contributed by atoms with Crippen LogP contribution in [0.5, 0.6) is 5.75 Å². The van der Waals surface area contributed by atoms with E-state index in [-0.39, 0.29) is 29.6 Å². The van der Waals surface area contributed by atoms with Crippen LogP contribution in [0.25, 0.3) is 0 Å². The third-order valence-corrected chi connectivity index (χ3v) is 6.14. The lowest BCUT2D eigenvalue weighted by Gasteiger charge is -2.25. The van der Waals surface area contributed by atoms with Crippen molar-refractivity contribution in [3.8, 4) is 5.75 Å². The van der Waals surface area contributed by atoms with E-state index in [0.717, 1.165) is 42.6 Å². The van der Waals surface area contributed by atoms with Crippen LogP contribution < -0.4 is 10.1 Å². The molecule has 6 nitrogen and oxygen atoms in total. The van der Waals surface area contributed by atoms with Gasteiger partial charge in [0.1, 0.15) is 18.0 Å². The second kappa shape index (κ2) is 8.13. The summed E-state index contributed by atoms with van der Waals surface area (Å²) in [7, 11) is 0. The monoisotopic (exact) mass is 396 g/mol. The van der Waals surface area contributed by atoms with Gasteiger partial charge in [-0.1, -0.05) is 0 Å². The van der Waals surface area contributed by atoms with Crippen molar-refractivity contribution in [1.29, 1.82) is 0 Å². The van der Waals surface area contributed by atoms with Crippen LogP contribution in [-0.4, -0.2) is 46.5 Å². The Labute approximate surface area is 170 Å². The molecule has 2 aliphatic carbocycles. The summed E-state index contributed by atoms with van der Waals surface area (Å²) >= 11 is 0. The summed E-state index contributed by atoms with van der Waals surface area (Å²) in [6.45, 7) is 4.08. The molecule has 0 saturated heterocycles. The maximum atomic E-state index is 12.7. The number of aliphatic hydroxyl groups excluding tert-OH is 1. The van der Waals surface area contributed by atoms with Gasteiger partial charge in [0, 0.05) is 41.0 Å². The molecule has 4 unspecified atom stereocenters. The first kappa shape index (κ1) is 19.9. The van der Waals surface area contributed by atoms with Crippen molar-refractivity contribution in [3.05, 3.63) is 52.8 Å². The van der Waals surface area contributed by atoms with Crippen LogP contribution in [0.15, 0.2) is 30.3 Å². The molecular weight excluding hydrogens is 368 g/mol. The first-order chi connectivity index (χ1) is 13.9. The summed E-state index contributed by atoms with van der Waals surface area (Å²) in [5, 5.41) is 14.1. The van der Waals surface area contributed by atoms with Gasteiger partial charge < -0.3 is 20.1 Å². The molecule has 0 radical (unpaired) electrons. The highest BCUT2D eigenvalue weighted by Crippen LogP contribution is 2.28. The number of H-pyrrole nitrogens is 1. The fraction of sp³-hybridized carbons (Fsp3) is 0.478. The number of hydrogen-bond acceptors (Lipinski definition) is 5. The lowest BCUT2D eigenvalue weighted by molar-refractivity contribution is 0.0441. The van der Waals surface area contributed by atoms with Crippen LogP contribution in [0.4, 0.5) is 0 Å². The van der Waals surface area contributed by atoms with Crippen LogP contribution in [0.1, 0.15) is 58.3 Å². The summed E-state index contributed by atoms with van der Waals surface area (Å²) in [6.07, 6.45) is 2.32. The van der Waals surface area contributed by atoms with Crippen LogP contribution in [0, 0.1) is 12.8 Å². The second-order valence-electron chi connectivity index (χ2n) is 8.26. The highest BCUT2D eigenvalue weighted by Gasteiger charge is 2.37. The molecular formula is C23H28N2O4. The number of aliphatic hydroxyl groups is 1. The standard InChI is InChI=1S/C23H28N2O4/c1-13-11-18-19(25-13)8-5-16(22(18)27)12-24-20-9-10-21(23(20)28)29-17-6-3-15(4-7-17)14(2)26/h3-4,6-7,11,16,20-21,23-25,28H,5,8-10,12H2,1-2H3. The molecule has 1 saturated carbocycles. The Hall–Kier alpha value is -2.44. The molecule has 4 atom stereocenters. The minimum Gasteiger partial charge on any atom is -0.488 e. The Kier molecular flexibility index (Phi) is 5.56. The summed E-state index contributed by atoms with van der Waals surface area (Å²) in [5.74, 6) is 0.802. The van der Waals surface area contributed by atoms with Crippen LogP contribution in [0.3, 0.4) is 0 Å². The number of rotatable bonds is 6. The van der Waals surface area contributed by atoms with Crippen molar-refractivity contribution in [2.24, 2.45) is 5.92 Å². The summed E-state index contributed by atoms with van der Waals surface area (Å²) < 4.78 is 5.94. The maximum absolute atomic E-state index is 12.7. The number of Topliss-reactive ketones (excluding diaryl/α,β-unsaturated/α-hetero) is 2. The predicted molar refractivity (Wildman–Crippen MR) is 110 cm³/mol. The average molecular weight is 396 g/mol. The van der Waals surface area contributed by atoms with Crippen LogP contribution >= 0.6 is 0 Å². The molecule has 0 aliphatic heterocycles. The summed E-state index contributed by atoms with van der Waals surface area (Å²) in [6, 6.07) is 8.86. The predicted octanol–water partition coefficient (Wildman–Crippen LogP) is 2.83. The normalized spacial score (nSPS) is 26.4. The minimum atomic E-state index is -0.633. The first-order valence-corrected chi connectivity index (χ1v) is 10.3. The average Bonchev–Trinajstić information content (AvgIpc) is 3.25. The van der Waals surface area contributed by atoms with E-state index in [9.17, 15) is 14.7 Å². The van der Waals surface area contributed by atoms with Gasteiger partial charge in [0.25, 0.3) is 0 Å². The molecule has 29 heavy (non-hydrogen) atoms. The highest BCUT2D eigenvalue weighted by molar-refractivity contribution is 6.00. The van der Waals surface area contributed by atoms with Crippen molar-refractivity contribution in [1.82, 2.24) is 10.3 Å². The third kappa shape index (κ3) is 4.14. The van der Waals surface area contributed by atoms with Crippen molar-refractivity contribution in [2.75, 3.05) is 6.54 Å². The smallest absolute Gasteiger partial charge is 0.169 e. The zero-order chi connectivity index (χ0) is 20.5. The molecule has 0 amide bonds. The van der Waals surface area contributed by atoms with E-state index in [1.165, 1.54) is 6.92 Å². The number of carbonyl (C=O) groups is 2. The number of aromatic nitrogens is 1. The molecule has 1 fully saturated rings. The van der Waals surface area contributed by atoms with Gasteiger partial charge in [-0.2, -0.15) is 0 Å². The maximum Gasteiger partial charge on any atom is 0.169 e. The molecule has 0 bridgehead atoms. The SMILES string of the molecule is CC(=O)c1ccc(OC2CCC(NCC3CCc4[nH]c(C)cc4C3=O)C2O)cc1. The second-order valence-corrected chi connectivity index (χ2v) is 8.26. The summed E-state index contributed by atoms with van der Waals surface area (Å²) in [5.41, 5.74) is 3.54. The molecule has 6 heteroatoms. The largest absolute Gasteiger partial charge is 0.488 e. The number of benzene rings is 1. The fourth-order valence-electron chi connectivity index (χ4n) is 4.46. The van der Waals surface area contributed by atoms with E-state index in [0.29, 0.717) is 17.9 Å². The lowest BCUT2D eigenvalue weighted by atomic mass is 9.86. The molecule has 2 aromatic rings. The van der Waals surface area contributed by atoms with E-state index < -0.39 is 6.10 Å². The van der Waals surface area contributed by atoms with Crippen molar-refractivity contribution < 1.29 is 19.4 Å². The first-order valence-electron chi connectivity index (χ1n) is 10.3. The van der Waals surface area contributed by atoms with E-state index in [4.69, 9.17) is 4.74 Å². The molecule has 0 spiro atoms. The topological polar surface area (TPSA) is 91.4 Å². The third-order valence-electron chi connectivity index (χ3n) is 6.14. The van der Waals surface area contributed by atoms with Gasteiger partial charge in [-0.3, -0.25) is 9.59 Å². The Morgan fingerprint density at radius 1 is 1.24 bits per heavy atom. The van der Waals surface area contributed by atoms with Gasteiger partial charge in [0.2, 0.25) is 0 Å². The van der Waals surface area contributed by atoms with Gasteiger partial charge in [-0.25, -0.2) is 0 Å². The molecule has 3 N–H and O–H groups in total. The van der Waals surface area contributed by atoms with Gasteiger partial charge in [-0.15, -0.1) is 0 Å². The van der Waals surface area contributed by atoms with E-state index >= 15 is 0 Å². The van der Waals surface area contributed by atoms with E-state index in [1.54, 1.807) is 24.3 Å². The van der Waals surface area contributed by atoms with Crippen molar-refractivity contribution in [2.45, 2.75) is 57.8 Å². The number of aryl methyl sites for hydroxylation is 2. The Balaban J connectivity index is 1.31. The fourth-order valence-corrected chi connectivity index (χ4v) is 4.46. The Bertz CT molecular complexity index is 902. The zero-order valence-corrected chi connectivity index (χ0v) is 16.9. The molecule has 2 aliphatic rings. The van der Waals surface area contributed by atoms with Crippen LogP contribution in [-0.2, 0) is 6.42 Å². The van der Waals surface area contributed by atoms with Gasteiger partial charge in [0.05, 0.1) is 0 Å². The van der Waals surface area contributed by atoms with Crippen molar-refractivity contribution >= 4 is 11.6 Å². The number of ether oxygens (including phenoxy) is 1. The quantitative estimate of drug-likeness (QED) is 0.653. The molecule has 1 heterocycles. The number of hydrogen-bond donors (Lipinski definition) is 3. The highest BCUT2D eigenvalue weighted by atomic mass is 16.5. The van der Waals surface area contributed by atoms with Crippen molar-refractivity contribution in [3.63, 3.8) is 0 Å². The van der Waals surface area contributed by atoms with Gasteiger partial charge in [0.15, 0.2) is 11.6 Å².